The van der Waals surface area contributed by atoms with Crippen LogP contribution in [0, 0.1) is 5.82 Å². The van der Waals surface area contributed by atoms with E-state index in [1.54, 1.807) is 23.2 Å². The molecule has 0 aliphatic carbocycles. The monoisotopic (exact) mass is 573 g/mol. The second-order valence-electron chi connectivity index (χ2n) is 10.4. The van der Waals surface area contributed by atoms with Gasteiger partial charge in [0.25, 0.3) is 0 Å². The second kappa shape index (κ2) is 11.0. The Morgan fingerprint density at radius 1 is 1.07 bits per heavy atom. The summed E-state index contributed by atoms with van der Waals surface area (Å²) in [5, 5.41) is 2.71. The Balaban J connectivity index is 1.12. The van der Waals surface area contributed by atoms with Crippen molar-refractivity contribution in [3.8, 4) is 17.1 Å². The van der Waals surface area contributed by atoms with E-state index < -0.39 is 6.03 Å². The number of hydrogen-bond donors (Lipinski definition) is 1. The molecule has 3 amide bonds. The predicted octanol–water partition coefficient (Wildman–Crippen LogP) is 5.98. The standard InChI is InChI=1S/C31H29ClFN5O3/c1-19(20-8-10-24(11-9-20)41-18-25-26(32)4-3-5-27(25)33)37-16-22-7-6-21(14-23(22)17-37)30-34-15-29(36(30)2)38-13-12-28(39)35-31(38)40/h3-11,14-15,19H,12-13,16-18H2,1-2H3,(H,35,39,40)/t19-/m1/s1. The minimum atomic E-state index is -0.427. The van der Waals surface area contributed by atoms with Gasteiger partial charge in [0.1, 0.15) is 29.8 Å². The number of benzene rings is 3. The van der Waals surface area contributed by atoms with Gasteiger partial charge in [-0.15, -0.1) is 0 Å². The summed E-state index contributed by atoms with van der Waals surface area (Å²) in [5.74, 6) is 1.41. The van der Waals surface area contributed by atoms with Crippen molar-refractivity contribution in [2.24, 2.45) is 7.05 Å². The summed E-state index contributed by atoms with van der Waals surface area (Å²) < 4.78 is 21.7. The summed E-state index contributed by atoms with van der Waals surface area (Å²) >= 11 is 6.11. The van der Waals surface area contributed by atoms with Crippen LogP contribution in [0.25, 0.3) is 11.4 Å². The molecule has 2 aliphatic heterocycles. The van der Waals surface area contributed by atoms with Crippen LogP contribution in [0.15, 0.2) is 66.9 Å². The third-order valence-electron chi connectivity index (χ3n) is 7.86. The van der Waals surface area contributed by atoms with Crippen LogP contribution in [0.1, 0.15) is 41.6 Å². The van der Waals surface area contributed by atoms with Crippen molar-refractivity contribution in [3.05, 3.63) is 100.0 Å². The molecule has 41 heavy (non-hydrogen) atoms. The maximum absolute atomic E-state index is 14.1. The smallest absolute Gasteiger partial charge is 0.329 e. The van der Waals surface area contributed by atoms with Crippen molar-refractivity contribution in [1.82, 2.24) is 19.8 Å². The van der Waals surface area contributed by atoms with Gasteiger partial charge in [-0.05, 0) is 53.9 Å². The minimum Gasteiger partial charge on any atom is -0.489 e. The molecular weight excluding hydrogens is 545 g/mol. The van der Waals surface area contributed by atoms with E-state index in [0.717, 1.165) is 30.0 Å². The normalized spacial score (nSPS) is 16.0. The van der Waals surface area contributed by atoms with Gasteiger partial charge < -0.3 is 9.30 Å². The first-order valence-corrected chi connectivity index (χ1v) is 13.8. The molecule has 8 nitrogen and oxygen atoms in total. The van der Waals surface area contributed by atoms with E-state index in [-0.39, 0.29) is 30.8 Å². The molecule has 1 saturated heterocycles. The summed E-state index contributed by atoms with van der Waals surface area (Å²) in [6, 6.07) is 18.6. The molecule has 1 aromatic heterocycles. The Morgan fingerprint density at radius 2 is 1.85 bits per heavy atom. The third-order valence-corrected chi connectivity index (χ3v) is 8.21. The Bertz CT molecular complexity index is 1620. The molecule has 210 valence electrons. The average molecular weight is 574 g/mol. The molecule has 1 N–H and O–H groups in total. The highest BCUT2D eigenvalue weighted by molar-refractivity contribution is 6.31. The Kier molecular flexibility index (Phi) is 7.23. The van der Waals surface area contributed by atoms with Crippen LogP contribution in [-0.2, 0) is 31.5 Å². The number of imidazole rings is 1. The van der Waals surface area contributed by atoms with Gasteiger partial charge in [0.15, 0.2) is 0 Å². The number of rotatable bonds is 7. The number of carbonyl (C=O) groups excluding carboxylic acids is 2. The fourth-order valence-corrected chi connectivity index (χ4v) is 5.63. The zero-order valence-corrected chi connectivity index (χ0v) is 23.5. The van der Waals surface area contributed by atoms with Crippen molar-refractivity contribution < 1.29 is 18.7 Å². The number of hydrogen-bond acceptors (Lipinski definition) is 5. The number of imide groups is 1. The predicted molar refractivity (Wildman–Crippen MR) is 154 cm³/mol. The van der Waals surface area contributed by atoms with E-state index >= 15 is 0 Å². The molecule has 0 spiro atoms. The maximum atomic E-state index is 14.1. The van der Waals surface area contributed by atoms with Crippen LogP contribution >= 0.6 is 11.6 Å². The molecule has 3 heterocycles. The quantitative estimate of drug-likeness (QED) is 0.294. The fraction of sp³-hybridized carbons (Fsp3) is 0.258. The number of nitrogens with one attached hydrogen (secondary N) is 1. The number of nitrogens with zero attached hydrogens (tertiary/aromatic N) is 4. The average Bonchev–Trinajstić information content (AvgIpc) is 3.56. The van der Waals surface area contributed by atoms with Crippen molar-refractivity contribution >= 4 is 29.4 Å². The summed E-state index contributed by atoms with van der Waals surface area (Å²) in [6.45, 7) is 4.19. The summed E-state index contributed by atoms with van der Waals surface area (Å²) in [6.07, 6.45) is 1.93. The highest BCUT2D eigenvalue weighted by Gasteiger charge is 2.28. The first-order chi connectivity index (χ1) is 19.8. The number of urea groups is 1. The number of halogens is 2. The van der Waals surface area contributed by atoms with Crippen LogP contribution in [-0.4, -0.2) is 32.9 Å². The van der Waals surface area contributed by atoms with Crippen LogP contribution < -0.4 is 15.0 Å². The number of aromatic nitrogens is 2. The van der Waals surface area contributed by atoms with Crippen molar-refractivity contribution in [2.45, 2.75) is 39.1 Å². The van der Waals surface area contributed by atoms with E-state index in [4.69, 9.17) is 16.3 Å². The second-order valence-corrected chi connectivity index (χ2v) is 10.8. The first-order valence-electron chi connectivity index (χ1n) is 13.4. The van der Waals surface area contributed by atoms with Gasteiger partial charge in [0, 0.05) is 50.3 Å². The van der Waals surface area contributed by atoms with Gasteiger partial charge in [-0.3, -0.25) is 19.9 Å². The molecular formula is C31H29ClFN5O3. The first kappa shape index (κ1) is 27.0. The Hall–Kier alpha value is -4.21. The van der Waals surface area contributed by atoms with Gasteiger partial charge in [0.2, 0.25) is 5.91 Å². The molecule has 2 aliphatic rings. The molecule has 0 saturated carbocycles. The molecule has 0 radical (unpaired) electrons. The maximum Gasteiger partial charge on any atom is 0.329 e. The highest BCUT2D eigenvalue weighted by Crippen LogP contribution is 2.35. The number of ether oxygens (including phenoxy) is 1. The van der Waals surface area contributed by atoms with Crippen molar-refractivity contribution in [1.29, 1.82) is 0 Å². The SMILES string of the molecule is C[C@H](c1ccc(OCc2c(F)cccc2Cl)cc1)N1Cc2ccc(-c3ncc(N4CCC(=O)NC4=O)n3C)cc2C1. The highest BCUT2D eigenvalue weighted by atomic mass is 35.5. The largest absolute Gasteiger partial charge is 0.489 e. The lowest BCUT2D eigenvalue weighted by Gasteiger charge is -2.26. The summed E-state index contributed by atoms with van der Waals surface area (Å²) in [4.78, 5) is 32.4. The lowest BCUT2D eigenvalue weighted by atomic mass is 10.1. The third kappa shape index (κ3) is 5.30. The summed E-state index contributed by atoms with van der Waals surface area (Å²) in [7, 11) is 1.88. The molecule has 3 aromatic carbocycles. The van der Waals surface area contributed by atoms with Gasteiger partial charge in [-0.1, -0.05) is 41.9 Å². The zero-order valence-electron chi connectivity index (χ0n) is 22.7. The number of fused-ring (bicyclic) bond motifs is 1. The van der Waals surface area contributed by atoms with E-state index in [0.29, 0.717) is 28.7 Å². The number of carbonyl (C=O) groups is 2. The van der Waals surface area contributed by atoms with Crippen LogP contribution in [0.2, 0.25) is 5.02 Å². The van der Waals surface area contributed by atoms with Crippen molar-refractivity contribution in [2.75, 3.05) is 11.4 Å². The molecule has 1 fully saturated rings. The van der Waals surface area contributed by atoms with E-state index in [1.807, 2.05) is 35.9 Å². The molecule has 6 rings (SSSR count). The van der Waals surface area contributed by atoms with Gasteiger partial charge in [-0.2, -0.15) is 0 Å². The molecule has 1 atom stereocenters. The topological polar surface area (TPSA) is 79.7 Å². The number of amides is 3. The zero-order chi connectivity index (χ0) is 28.7. The van der Waals surface area contributed by atoms with Gasteiger partial charge >= 0.3 is 6.03 Å². The van der Waals surface area contributed by atoms with Gasteiger partial charge in [-0.25, -0.2) is 14.2 Å². The van der Waals surface area contributed by atoms with E-state index in [2.05, 4.69) is 40.3 Å². The minimum absolute atomic E-state index is 0.0621. The van der Waals surface area contributed by atoms with Crippen LogP contribution in [0.4, 0.5) is 15.0 Å². The van der Waals surface area contributed by atoms with E-state index in [1.165, 1.54) is 17.2 Å². The number of anilines is 1. The molecule has 0 unspecified atom stereocenters. The molecule has 10 heteroatoms. The lowest BCUT2D eigenvalue weighted by molar-refractivity contribution is -0.120. The molecule has 0 bridgehead atoms. The summed E-state index contributed by atoms with van der Waals surface area (Å²) in [5.41, 5.74) is 4.97. The van der Waals surface area contributed by atoms with E-state index in [9.17, 15) is 14.0 Å². The molecule has 4 aromatic rings. The Labute approximate surface area is 242 Å². The van der Waals surface area contributed by atoms with Crippen molar-refractivity contribution in [3.63, 3.8) is 0 Å². The lowest BCUT2D eigenvalue weighted by Crippen LogP contribution is -2.50. The Morgan fingerprint density at radius 3 is 2.61 bits per heavy atom. The van der Waals surface area contributed by atoms with Gasteiger partial charge in [0.05, 0.1) is 11.2 Å². The van der Waals surface area contributed by atoms with Crippen LogP contribution in [0.5, 0.6) is 5.75 Å². The van der Waals surface area contributed by atoms with Crippen LogP contribution in [0.3, 0.4) is 0 Å². The fourth-order valence-electron chi connectivity index (χ4n) is 5.42.